The van der Waals surface area contributed by atoms with Crippen molar-refractivity contribution in [3.63, 3.8) is 0 Å². The maximum atomic E-state index is 13.0. The molecule has 4 atom stereocenters. The molecule has 2 fully saturated rings. The van der Waals surface area contributed by atoms with E-state index >= 15 is 0 Å². The van der Waals surface area contributed by atoms with Gasteiger partial charge in [-0.15, -0.1) is 0 Å². The first kappa shape index (κ1) is 16.4. The molecule has 2 saturated heterocycles. The number of anilines is 2. The van der Waals surface area contributed by atoms with Gasteiger partial charge in [-0.2, -0.15) is 0 Å². The molecule has 1 aromatic heterocycles. The number of nitrogens with zero attached hydrogens (tertiary/aromatic N) is 1. The Labute approximate surface area is 151 Å². The summed E-state index contributed by atoms with van der Waals surface area (Å²) >= 11 is 6.06. The lowest BCUT2D eigenvalue weighted by atomic mass is 9.75. The van der Waals surface area contributed by atoms with Gasteiger partial charge in [0.05, 0.1) is 18.1 Å². The molecule has 3 N–H and O–H groups in total. The molecular weight excluding hydrogens is 338 g/mol. The standard InChI is InChI=1S/C19H20ClN3O2/c1-10-8-12(2-3-13(10)20)23-19(24)18-15-5-4-14(25-15)17(18)11-6-7-22-16(21)9-11/h2-3,6-9,14-15,17-18H,4-5H2,1H3,(H2,21,22)(H,23,24)/t14-,15+,17-,18-/m1/s1. The van der Waals surface area contributed by atoms with E-state index in [0.29, 0.717) is 10.8 Å². The number of carbonyl (C=O) groups excluding carboxylic acids is 1. The number of carbonyl (C=O) groups is 1. The van der Waals surface area contributed by atoms with Crippen molar-refractivity contribution < 1.29 is 9.53 Å². The number of aromatic nitrogens is 1. The summed E-state index contributed by atoms with van der Waals surface area (Å²) < 4.78 is 6.05. The Morgan fingerprint density at radius 1 is 1.28 bits per heavy atom. The quantitative estimate of drug-likeness (QED) is 0.881. The number of ether oxygens (including phenoxy) is 1. The van der Waals surface area contributed by atoms with Crippen LogP contribution in [0.5, 0.6) is 0 Å². The van der Waals surface area contributed by atoms with Gasteiger partial charge in [0, 0.05) is 22.8 Å². The Morgan fingerprint density at radius 2 is 2.08 bits per heavy atom. The molecule has 130 valence electrons. The predicted octanol–water partition coefficient (Wildman–Crippen LogP) is 3.53. The van der Waals surface area contributed by atoms with Crippen LogP contribution < -0.4 is 11.1 Å². The number of rotatable bonds is 3. The van der Waals surface area contributed by atoms with E-state index in [0.717, 1.165) is 29.7 Å². The van der Waals surface area contributed by atoms with Gasteiger partial charge in [-0.25, -0.2) is 4.98 Å². The first-order valence-corrected chi connectivity index (χ1v) is 8.84. The third-order valence-corrected chi connectivity index (χ3v) is 5.62. The molecule has 25 heavy (non-hydrogen) atoms. The topological polar surface area (TPSA) is 77.2 Å². The molecule has 5 nitrogen and oxygen atoms in total. The normalized spacial score (nSPS) is 27.4. The van der Waals surface area contributed by atoms with Crippen LogP contribution >= 0.6 is 11.6 Å². The van der Waals surface area contributed by atoms with E-state index in [1.54, 1.807) is 12.3 Å². The van der Waals surface area contributed by atoms with Crippen molar-refractivity contribution in [3.05, 3.63) is 52.7 Å². The fourth-order valence-corrected chi connectivity index (χ4v) is 4.17. The number of pyridine rings is 1. The molecule has 2 aromatic rings. The fourth-order valence-electron chi connectivity index (χ4n) is 4.05. The highest BCUT2D eigenvalue weighted by atomic mass is 35.5. The van der Waals surface area contributed by atoms with Gasteiger partial charge in [0.1, 0.15) is 5.82 Å². The van der Waals surface area contributed by atoms with Gasteiger partial charge in [0.15, 0.2) is 0 Å². The SMILES string of the molecule is Cc1cc(NC(=O)[C@H]2[C@H](c3ccnc(N)c3)[C@H]3CC[C@@H]2O3)ccc1Cl. The van der Waals surface area contributed by atoms with E-state index in [4.69, 9.17) is 22.1 Å². The van der Waals surface area contributed by atoms with E-state index in [9.17, 15) is 4.79 Å². The van der Waals surface area contributed by atoms with E-state index < -0.39 is 0 Å². The molecule has 0 spiro atoms. The van der Waals surface area contributed by atoms with Gasteiger partial charge < -0.3 is 15.8 Å². The molecule has 2 aliphatic heterocycles. The average molecular weight is 358 g/mol. The van der Waals surface area contributed by atoms with Crippen LogP contribution in [0.4, 0.5) is 11.5 Å². The Morgan fingerprint density at radius 3 is 2.84 bits per heavy atom. The van der Waals surface area contributed by atoms with Crippen LogP contribution in [0, 0.1) is 12.8 Å². The Hall–Kier alpha value is -2.11. The minimum Gasteiger partial charge on any atom is -0.384 e. The number of hydrogen-bond acceptors (Lipinski definition) is 4. The number of benzene rings is 1. The van der Waals surface area contributed by atoms with Crippen LogP contribution in [-0.2, 0) is 9.53 Å². The minimum absolute atomic E-state index is 0.0115. The van der Waals surface area contributed by atoms with Crippen molar-refractivity contribution in [1.82, 2.24) is 4.98 Å². The summed E-state index contributed by atoms with van der Waals surface area (Å²) in [7, 11) is 0. The molecule has 0 aliphatic carbocycles. The van der Waals surface area contributed by atoms with E-state index in [1.807, 2.05) is 31.2 Å². The van der Waals surface area contributed by atoms with Gasteiger partial charge in [0.2, 0.25) is 5.91 Å². The molecule has 4 rings (SSSR count). The number of nitrogens with one attached hydrogen (secondary N) is 1. The molecule has 0 saturated carbocycles. The fraction of sp³-hybridized carbons (Fsp3) is 0.368. The molecule has 0 unspecified atom stereocenters. The first-order chi connectivity index (χ1) is 12.0. The zero-order chi connectivity index (χ0) is 17.6. The number of nitrogens with two attached hydrogens (primary N) is 1. The molecule has 0 radical (unpaired) electrons. The number of halogens is 1. The third-order valence-electron chi connectivity index (χ3n) is 5.19. The molecule has 2 aliphatic rings. The average Bonchev–Trinajstić information content (AvgIpc) is 3.19. The number of aryl methyl sites for hydroxylation is 1. The summed E-state index contributed by atoms with van der Waals surface area (Å²) in [5, 5.41) is 3.71. The van der Waals surface area contributed by atoms with Crippen molar-refractivity contribution in [2.75, 3.05) is 11.1 Å². The summed E-state index contributed by atoms with van der Waals surface area (Å²) in [4.78, 5) is 17.1. The first-order valence-electron chi connectivity index (χ1n) is 8.47. The largest absolute Gasteiger partial charge is 0.384 e. The van der Waals surface area contributed by atoms with Crippen LogP contribution in [0.15, 0.2) is 36.5 Å². The predicted molar refractivity (Wildman–Crippen MR) is 97.6 cm³/mol. The van der Waals surface area contributed by atoms with Gasteiger partial charge in [-0.3, -0.25) is 4.79 Å². The Balaban J connectivity index is 1.60. The van der Waals surface area contributed by atoms with E-state index in [-0.39, 0.29) is 30.0 Å². The molecule has 3 heterocycles. The second-order valence-corrected chi connectivity index (χ2v) is 7.22. The molecule has 1 amide bonds. The molecule has 6 heteroatoms. The maximum absolute atomic E-state index is 13.0. The van der Waals surface area contributed by atoms with Crippen molar-refractivity contribution >= 4 is 29.0 Å². The lowest BCUT2D eigenvalue weighted by Gasteiger charge is -2.27. The van der Waals surface area contributed by atoms with Gasteiger partial charge in [-0.05, 0) is 61.2 Å². The Kier molecular flexibility index (Phi) is 4.13. The zero-order valence-electron chi connectivity index (χ0n) is 13.9. The highest BCUT2D eigenvalue weighted by molar-refractivity contribution is 6.31. The van der Waals surface area contributed by atoms with Gasteiger partial charge >= 0.3 is 0 Å². The number of fused-ring (bicyclic) bond motifs is 2. The van der Waals surface area contributed by atoms with Crippen LogP contribution in [0.1, 0.15) is 29.9 Å². The monoisotopic (exact) mass is 357 g/mol. The number of amides is 1. The van der Waals surface area contributed by atoms with Crippen molar-refractivity contribution in [2.45, 2.75) is 37.9 Å². The second-order valence-electron chi connectivity index (χ2n) is 6.81. The molecule has 2 bridgehead atoms. The highest BCUT2D eigenvalue weighted by Crippen LogP contribution is 2.49. The lowest BCUT2D eigenvalue weighted by molar-refractivity contribution is -0.121. The van der Waals surface area contributed by atoms with Crippen molar-refractivity contribution in [3.8, 4) is 0 Å². The summed E-state index contributed by atoms with van der Waals surface area (Å²) in [6.07, 6.45) is 3.60. The third kappa shape index (κ3) is 2.98. The van der Waals surface area contributed by atoms with E-state index in [2.05, 4.69) is 10.3 Å². The summed E-state index contributed by atoms with van der Waals surface area (Å²) in [6, 6.07) is 9.28. The minimum atomic E-state index is -0.225. The number of nitrogen functional groups attached to an aromatic ring is 1. The van der Waals surface area contributed by atoms with Crippen molar-refractivity contribution in [2.24, 2.45) is 5.92 Å². The molecule has 1 aromatic carbocycles. The van der Waals surface area contributed by atoms with Crippen LogP contribution in [0.25, 0.3) is 0 Å². The Bertz CT molecular complexity index is 826. The van der Waals surface area contributed by atoms with Gasteiger partial charge in [-0.1, -0.05) is 11.6 Å². The van der Waals surface area contributed by atoms with E-state index in [1.165, 1.54) is 0 Å². The summed E-state index contributed by atoms with van der Waals surface area (Å²) in [6.45, 7) is 1.92. The van der Waals surface area contributed by atoms with Crippen LogP contribution in [-0.4, -0.2) is 23.1 Å². The summed E-state index contributed by atoms with van der Waals surface area (Å²) in [5.74, 6) is 0.232. The second kappa shape index (κ2) is 6.32. The van der Waals surface area contributed by atoms with Gasteiger partial charge in [0.25, 0.3) is 0 Å². The zero-order valence-corrected chi connectivity index (χ0v) is 14.7. The smallest absolute Gasteiger partial charge is 0.230 e. The number of hydrogen-bond donors (Lipinski definition) is 2. The van der Waals surface area contributed by atoms with Crippen LogP contribution in [0.2, 0.25) is 5.02 Å². The van der Waals surface area contributed by atoms with Crippen LogP contribution in [0.3, 0.4) is 0 Å². The highest BCUT2D eigenvalue weighted by Gasteiger charge is 2.52. The van der Waals surface area contributed by atoms with Crippen molar-refractivity contribution in [1.29, 1.82) is 0 Å². The summed E-state index contributed by atoms with van der Waals surface area (Å²) in [5.41, 5.74) is 8.54. The maximum Gasteiger partial charge on any atom is 0.230 e. The molecular formula is C19H20ClN3O2. The lowest BCUT2D eigenvalue weighted by Crippen LogP contribution is -2.36.